The van der Waals surface area contributed by atoms with Crippen molar-refractivity contribution >= 4 is 41.4 Å². The van der Waals surface area contributed by atoms with E-state index in [1.165, 1.54) is 26.4 Å². The summed E-state index contributed by atoms with van der Waals surface area (Å²) in [4.78, 5) is 92.8. The van der Waals surface area contributed by atoms with Crippen molar-refractivity contribution in [3.05, 3.63) is 18.2 Å². The lowest BCUT2D eigenvalue weighted by Crippen LogP contribution is -2.61. The first kappa shape index (κ1) is 37.4. The van der Waals surface area contributed by atoms with E-state index in [1.807, 2.05) is 0 Å². The van der Waals surface area contributed by atoms with E-state index in [0.717, 1.165) is 0 Å². The number of amides is 6. The number of rotatable bonds is 19. The number of imidazole rings is 1. The summed E-state index contributed by atoms with van der Waals surface area (Å²) in [7, 11) is 0. The molecule has 1 aromatic rings. The second-order valence-electron chi connectivity index (χ2n) is 10.6. The first-order valence-electron chi connectivity index (χ1n) is 13.8. The van der Waals surface area contributed by atoms with Crippen molar-refractivity contribution in [1.29, 1.82) is 0 Å². The number of carbonyl (C=O) groups is 7. The van der Waals surface area contributed by atoms with Gasteiger partial charge in [0.15, 0.2) is 0 Å². The number of hydrogen-bond acceptors (Lipinski definition) is 10. The van der Waals surface area contributed by atoms with Gasteiger partial charge in [-0.2, -0.15) is 0 Å². The molecule has 18 nitrogen and oxygen atoms in total. The van der Waals surface area contributed by atoms with Crippen molar-refractivity contribution in [2.24, 2.45) is 11.7 Å². The predicted octanol–water partition coefficient (Wildman–Crippen LogP) is -3.83. The number of aliphatic carboxylic acids is 1. The molecule has 0 aromatic carbocycles. The van der Waals surface area contributed by atoms with Gasteiger partial charge in [-0.15, -0.1) is 0 Å². The van der Waals surface area contributed by atoms with Crippen LogP contribution in [0.2, 0.25) is 0 Å². The van der Waals surface area contributed by atoms with Crippen LogP contribution in [0, 0.1) is 5.92 Å². The number of hydrogen-bond donors (Lipinski definition) is 10. The van der Waals surface area contributed by atoms with Crippen LogP contribution in [0.3, 0.4) is 0 Å². The Labute approximate surface area is 253 Å². The molecule has 6 atom stereocenters. The number of carboxylic acids is 1. The van der Waals surface area contributed by atoms with Gasteiger partial charge in [-0.25, -0.2) is 9.78 Å². The number of aliphatic hydroxyl groups is 2. The molecule has 1 aromatic heterocycles. The highest BCUT2D eigenvalue weighted by Crippen LogP contribution is 2.08. The van der Waals surface area contributed by atoms with Crippen molar-refractivity contribution < 1.29 is 48.9 Å². The number of nitrogens with two attached hydrogens (primary N) is 1. The summed E-state index contributed by atoms with van der Waals surface area (Å²) in [6, 6.07) is -7.20. The number of aromatic nitrogens is 2. The molecule has 1 heterocycles. The normalized spacial score (nSPS) is 15.1. The Morgan fingerprint density at radius 1 is 0.864 bits per heavy atom. The van der Waals surface area contributed by atoms with Gasteiger partial charge in [-0.05, 0) is 25.7 Å². The Hall–Kier alpha value is -4.58. The molecule has 0 saturated heterocycles. The van der Waals surface area contributed by atoms with E-state index >= 15 is 0 Å². The van der Waals surface area contributed by atoms with Gasteiger partial charge in [0.2, 0.25) is 35.4 Å². The average Bonchev–Trinajstić information content (AvgIpc) is 3.43. The molecule has 0 saturated carbocycles. The lowest BCUT2D eigenvalue weighted by Gasteiger charge is -2.28. The highest BCUT2D eigenvalue weighted by atomic mass is 16.4. The summed E-state index contributed by atoms with van der Waals surface area (Å²) >= 11 is 0. The summed E-state index contributed by atoms with van der Waals surface area (Å²) in [5.74, 6) is -6.71. The Morgan fingerprint density at radius 3 is 1.91 bits per heavy atom. The largest absolute Gasteiger partial charge is 0.480 e. The quantitative estimate of drug-likeness (QED) is 0.0709. The molecule has 0 aliphatic heterocycles. The third-order valence-corrected chi connectivity index (χ3v) is 6.19. The van der Waals surface area contributed by atoms with Crippen LogP contribution in [0.1, 0.15) is 52.7 Å². The molecule has 246 valence electrons. The summed E-state index contributed by atoms with van der Waals surface area (Å²) in [5, 5.41) is 41.1. The van der Waals surface area contributed by atoms with Crippen LogP contribution in [0.4, 0.5) is 0 Å². The topological polar surface area (TPSA) is 295 Å². The van der Waals surface area contributed by atoms with Crippen molar-refractivity contribution in [2.45, 2.75) is 89.7 Å². The second kappa shape index (κ2) is 18.2. The van der Waals surface area contributed by atoms with E-state index in [2.05, 4.69) is 36.6 Å². The fourth-order valence-corrected chi connectivity index (χ4v) is 3.98. The fourth-order valence-electron chi connectivity index (χ4n) is 3.98. The number of nitrogens with zero attached hydrogens (tertiary/aromatic N) is 1. The number of nitrogens with one attached hydrogen (secondary N) is 6. The summed E-state index contributed by atoms with van der Waals surface area (Å²) in [6.07, 6.45) is 0.694. The molecule has 0 fully saturated rings. The van der Waals surface area contributed by atoms with Crippen LogP contribution in [0.15, 0.2) is 12.5 Å². The zero-order chi connectivity index (χ0) is 33.6. The SMILES string of the molecule is CC(=O)N[C@@H](Cc1cnc[nH]1)C(=O)N[C@@H](CO)C(=O)N[C@H](C(=O)N[C@@H](CC(C)C)C(=O)N[C@@H](CCC(N)=O)C(=O)O)[C@@H](C)O. The second-order valence-corrected chi connectivity index (χ2v) is 10.6. The van der Waals surface area contributed by atoms with Crippen LogP contribution < -0.4 is 32.3 Å². The van der Waals surface area contributed by atoms with Crippen molar-refractivity contribution in [3.63, 3.8) is 0 Å². The molecule has 44 heavy (non-hydrogen) atoms. The number of H-pyrrole nitrogens is 1. The van der Waals surface area contributed by atoms with E-state index < -0.39 is 84.3 Å². The number of carbonyl (C=O) groups excluding carboxylic acids is 6. The number of primary amides is 1. The van der Waals surface area contributed by atoms with E-state index in [0.29, 0.717) is 5.69 Å². The zero-order valence-electron chi connectivity index (χ0n) is 25.0. The monoisotopic (exact) mass is 626 g/mol. The van der Waals surface area contributed by atoms with Gasteiger partial charge in [-0.1, -0.05) is 13.8 Å². The number of aliphatic hydroxyl groups excluding tert-OH is 2. The lowest BCUT2D eigenvalue weighted by molar-refractivity contribution is -0.143. The molecule has 6 amide bonds. The molecule has 0 aliphatic rings. The van der Waals surface area contributed by atoms with Gasteiger partial charge in [0.05, 0.1) is 19.0 Å². The average molecular weight is 627 g/mol. The Balaban J connectivity index is 3.03. The molecule has 0 spiro atoms. The summed E-state index contributed by atoms with van der Waals surface area (Å²) in [6.45, 7) is 4.92. The molecule has 0 aliphatic carbocycles. The highest BCUT2D eigenvalue weighted by molar-refractivity contribution is 5.96. The Bertz CT molecular complexity index is 1160. The molecule has 0 radical (unpaired) electrons. The van der Waals surface area contributed by atoms with E-state index in [9.17, 15) is 48.9 Å². The van der Waals surface area contributed by atoms with Gasteiger partial charge in [0.25, 0.3) is 0 Å². The van der Waals surface area contributed by atoms with Crippen molar-refractivity contribution in [1.82, 2.24) is 36.6 Å². The first-order valence-corrected chi connectivity index (χ1v) is 13.8. The van der Waals surface area contributed by atoms with Crippen LogP contribution in [0.5, 0.6) is 0 Å². The molecular weight excluding hydrogens is 584 g/mol. The minimum absolute atomic E-state index is 0.0194. The molecule has 1 rings (SSSR count). The molecule has 0 unspecified atom stereocenters. The van der Waals surface area contributed by atoms with Crippen LogP contribution in [0.25, 0.3) is 0 Å². The first-order chi connectivity index (χ1) is 20.5. The summed E-state index contributed by atoms with van der Waals surface area (Å²) < 4.78 is 0. The highest BCUT2D eigenvalue weighted by Gasteiger charge is 2.34. The summed E-state index contributed by atoms with van der Waals surface area (Å²) in [5.41, 5.74) is 5.56. The van der Waals surface area contributed by atoms with Crippen molar-refractivity contribution in [2.75, 3.05) is 6.61 Å². The van der Waals surface area contributed by atoms with Gasteiger partial charge < -0.3 is 52.6 Å². The Kier molecular flexibility index (Phi) is 15.5. The van der Waals surface area contributed by atoms with Gasteiger partial charge >= 0.3 is 5.97 Å². The van der Waals surface area contributed by atoms with Gasteiger partial charge in [-0.3, -0.25) is 28.8 Å². The van der Waals surface area contributed by atoms with Gasteiger partial charge in [0.1, 0.15) is 30.2 Å². The molecule has 18 heteroatoms. The number of aromatic amines is 1. The Morgan fingerprint density at radius 2 is 1.43 bits per heavy atom. The molecular formula is C26H42N8O10. The van der Waals surface area contributed by atoms with Gasteiger partial charge in [0, 0.05) is 31.7 Å². The standard InChI is InChI=1S/C26H42N8O10/c1-12(2)7-17(22(39)31-16(26(43)44)5-6-20(27)38)32-25(42)21(13(3)36)34-24(41)19(10-35)33-23(40)18(30-14(4)37)8-15-9-28-11-29-15/h9,11-13,16-19,21,35-36H,5-8,10H2,1-4H3,(H2,27,38)(H,28,29)(H,30,37)(H,31,39)(H,32,42)(H,33,40)(H,34,41)(H,43,44)/t13-,16+,17+,18+,19+,21+/m1/s1. The van der Waals surface area contributed by atoms with Crippen LogP contribution in [-0.2, 0) is 40.0 Å². The minimum Gasteiger partial charge on any atom is -0.480 e. The zero-order valence-corrected chi connectivity index (χ0v) is 25.0. The van der Waals surface area contributed by atoms with Crippen LogP contribution >= 0.6 is 0 Å². The third kappa shape index (κ3) is 13.2. The van der Waals surface area contributed by atoms with Crippen LogP contribution in [-0.4, -0.2) is 110 Å². The lowest BCUT2D eigenvalue weighted by atomic mass is 10.0. The third-order valence-electron chi connectivity index (χ3n) is 6.19. The van der Waals surface area contributed by atoms with E-state index in [1.54, 1.807) is 13.8 Å². The minimum atomic E-state index is -1.67. The maximum Gasteiger partial charge on any atom is 0.326 e. The smallest absolute Gasteiger partial charge is 0.326 e. The molecule has 0 bridgehead atoms. The fraction of sp³-hybridized carbons (Fsp3) is 0.615. The molecule has 11 N–H and O–H groups in total. The van der Waals surface area contributed by atoms with Crippen molar-refractivity contribution in [3.8, 4) is 0 Å². The predicted molar refractivity (Wildman–Crippen MR) is 152 cm³/mol. The van der Waals surface area contributed by atoms with E-state index in [-0.39, 0.29) is 31.6 Å². The number of carboxylic acid groups (broad SMARTS) is 1. The maximum atomic E-state index is 13.1. The van der Waals surface area contributed by atoms with E-state index in [4.69, 9.17) is 5.73 Å². The maximum absolute atomic E-state index is 13.1.